The first-order valence-corrected chi connectivity index (χ1v) is 16.4. The van der Waals surface area contributed by atoms with E-state index in [0.717, 1.165) is 6.42 Å². The Morgan fingerprint density at radius 2 is 1.21 bits per heavy atom. The second-order valence-electron chi connectivity index (χ2n) is 11.7. The molecule has 1 aliphatic rings. The van der Waals surface area contributed by atoms with E-state index in [2.05, 4.69) is 87.3 Å². The van der Waals surface area contributed by atoms with Crippen molar-refractivity contribution in [1.29, 1.82) is 0 Å². The molecule has 6 heteroatoms. The van der Waals surface area contributed by atoms with Crippen LogP contribution in [0.5, 0.6) is 0 Å². The minimum Gasteiger partial charge on any atom is -0.417 e. The molecule has 3 aromatic carbocycles. The normalized spacial score (nSPS) is 14.7. The molecule has 0 aromatic heterocycles. The molecule has 0 radical (unpaired) electrons. The van der Waals surface area contributed by atoms with Gasteiger partial charge in [-0.15, -0.1) is 0 Å². The largest absolute Gasteiger partial charge is 0.417 e. The van der Waals surface area contributed by atoms with Crippen molar-refractivity contribution in [3.63, 3.8) is 0 Å². The molecule has 4 rings (SSSR count). The maximum absolute atomic E-state index is 13.3. The minimum absolute atomic E-state index is 0.0672. The molecular formula is C32H40N2O3Si. The monoisotopic (exact) mass is 528 g/mol. The Hall–Kier alpha value is -3.06. The summed E-state index contributed by atoms with van der Waals surface area (Å²) >= 11 is 0. The lowest BCUT2D eigenvalue weighted by molar-refractivity contribution is 0.0549. The molecule has 0 aliphatic carbocycles. The molecule has 0 bridgehead atoms. The van der Waals surface area contributed by atoms with E-state index in [9.17, 15) is 9.59 Å². The van der Waals surface area contributed by atoms with Gasteiger partial charge in [-0.25, -0.2) is 0 Å². The number of imide groups is 1. The molecule has 1 atom stereocenters. The molecule has 0 N–H and O–H groups in total. The summed E-state index contributed by atoms with van der Waals surface area (Å²) in [5.41, 5.74) is 3.38. The zero-order valence-electron chi connectivity index (χ0n) is 23.3. The van der Waals surface area contributed by atoms with Gasteiger partial charge in [0, 0.05) is 32.3 Å². The van der Waals surface area contributed by atoms with Gasteiger partial charge in [-0.3, -0.25) is 19.4 Å². The standard InChI is InChI=1S/C32H40N2O3Si/c1-32(2,3)38(4,5)37-21-20-27(24-34-30(35)28-18-12-13-19-29(28)31(34)36)33(22-25-14-8-6-9-15-25)23-26-16-10-7-11-17-26/h6-19,27H,20-24H2,1-5H3/t27-/m0/s1. The van der Waals surface area contributed by atoms with Crippen LogP contribution >= 0.6 is 0 Å². The van der Waals surface area contributed by atoms with Gasteiger partial charge in [0.05, 0.1) is 11.1 Å². The molecule has 2 amide bonds. The Morgan fingerprint density at radius 3 is 1.66 bits per heavy atom. The van der Waals surface area contributed by atoms with Crippen LogP contribution < -0.4 is 0 Å². The summed E-state index contributed by atoms with van der Waals surface area (Å²) in [5.74, 6) is -0.416. The third kappa shape index (κ3) is 6.49. The lowest BCUT2D eigenvalue weighted by Crippen LogP contribution is -2.47. The Labute approximate surface area is 228 Å². The van der Waals surface area contributed by atoms with Crippen molar-refractivity contribution in [1.82, 2.24) is 9.80 Å². The van der Waals surface area contributed by atoms with Crippen molar-refractivity contribution in [3.8, 4) is 0 Å². The summed E-state index contributed by atoms with van der Waals surface area (Å²) < 4.78 is 6.58. The van der Waals surface area contributed by atoms with Gasteiger partial charge in [-0.05, 0) is 47.8 Å². The Bertz CT molecular complexity index is 1160. The average Bonchev–Trinajstić information content (AvgIpc) is 3.13. The quantitative estimate of drug-likeness (QED) is 0.204. The van der Waals surface area contributed by atoms with E-state index in [0.29, 0.717) is 37.4 Å². The van der Waals surface area contributed by atoms with Crippen molar-refractivity contribution in [2.45, 2.75) is 64.5 Å². The molecule has 3 aromatic rings. The smallest absolute Gasteiger partial charge is 0.261 e. The summed E-state index contributed by atoms with van der Waals surface area (Å²) in [5, 5.41) is 0.110. The third-order valence-electron chi connectivity index (χ3n) is 7.97. The summed E-state index contributed by atoms with van der Waals surface area (Å²) in [6.07, 6.45) is 0.722. The molecule has 0 spiro atoms. The van der Waals surface area contributed by atoms with Crippen molar-refractivity contribution < 1.29 is 14.0 Å². The summed E-state index contributed by atoms with van der Waals surface area (Å²) in [6.45, 7) is 13.6. The van der Waals surface area contributed by atoms with Crippen LogP contribution in [0.1, 0.15) is 59.0 Å². The van der Waals surface area contributed by atoms with E-state index in [1.54, 1.807) is 12.1 Å². The maximum atomic E-state index is 13.3. The van der Waals surface area contributed by atoms with E-state index in [4.69, 9.17) is 4.43 Å². The van der Waals surface area contributed by atoms with Gasteiger partial charge in [-0.2, -0.15) is 0 Å². The number of benzene rings is 3. The average molecular weight is 529 g/mol. The molecule has 0 saturated carbocycles. The SMILES string of the molecule is CC(C)(C)[Si](C)(C)OCC[C@@H](CN1C(=O)c2ccccc2C1=O)N(Cc1ccccc1)Cc1ccccc1. The van der Waals surface area contributed by atoms with Crippen LogP contribution in [0, 0.1) is 0 Å². The van der Waals surface area contributed by atoms with E-state index in [-0.39, 0.29) is 22.9 Å². The molecule has 200 valence electrons. The Balaban J connectivity index is 1.62. The first kappa shape index (κ1) is 28.0. The van der Waals surface area contributed by atoms with E-state index < -0.39 is 8.32 Å². The minimum atomic E-state index is -1.94. The van der Waals surface area contributed by atoms with Crippen molar-refractivity contribution in [2.75, 3.05) is 13.2 Å². The Kier molecular flexibility index (Phi) is 8.66. The van der Waals surface area contributed by atoms with Gasteiger partial charge in [0.25, 0.3) is 11.8 Å². The number of carbonyl (C=O) groups excluding carboxylic acids is 2. The molecule has 0 fully saturated rings. The van der Waals surface area contributed by atoms with Gasteiger partial charge in [0.1, 0.15) is 0 Å². The second-order valence-corrected chi connectivity index (χ2v) is 16.5. The van der Waals surface area contributed by atoms with Gasteiger partial charge < -0.3 is 4.43 Å². The number of carbonyl (C=O) groups is 2. The van der Waals surface area contributed by atoms with Gasteiger partial charge in [-0.1, -0.05) is 93.6 Å². The molecule has 5 nitrogen and oxygen atoms in total. The third-order valence-corrected chi connectivity index (χ3v) is 12.5. The summed E-state index contributed by atoms with van der Waals surface area (Å²) in [4.78, 5) is 30.4. The van der Waals surface area contributed by atoms with Gasteiger partial charge >= 0.3 is 0 Å². The number of hydrogen-bond acceptors (Lipinski definition) is 4. The molecule has 1 heterocycles. The zero-order chi connectivity index (χ0) is 27.3. The first-order chi connectivity index (χ1) is 18.1. The van der Waals surface area contributed by atoms with E-state index in [1.165, 1.54) is 16.0 Å². The Morgan fingerprint density at radius 1 is 0.763 bits per heavy atom. The van der Waals surface area contributed by atoms with Crippen LogP contribution in [0.25, 0.3) is 0 Å². The van der Waals surface area contributed by atoms with Crippen molar-refractivity contribution in [2.24, 2.45) is 0 Å². The number of nitrogens with zero attached hydrogens (tertiary/aromatic N) is 2. The van der Waals surface area contributed by atoms with Crippen LogP contribution in [0.15, 0.2) is 84.9 Å². The highest BCUT2D eigenvalue weighted by Gasteiger charge is 2.39. The fourth-order valence-corrected chi connectivity index (χ4v) is 5.68. The molecule has 0 unspecified atom stereocenters. The zero-order valence-corrected chi connectivity index (χ0v) is 24.3. The predicted octanol–water partition coefficient (Wildman–Crippen LogP) is 6.77. The van der Waals surface area contributed by atoms with Crippen LogP contribution in [0.4, 0.5) is 0 Å². The number of rotatable bonds is 11. The summed E-state index contributed by atoms with van der Waals surface area (Å²) in [6, 6.07) is 27.8. The molecule has 0 saturated heterocycles. The summed E-state index contributed by atoms with van der Waals surface area (Å²) in [7, 11) is -1.94. The number of amides is 2. The second kappa shape index (κ2) is 11.8. The fourth-order valence-electron chi connectivity index (χ4n) is 4.62. The fraction of sp³-hybridized carbons (Fsp3) is 0.375. The van der Waals surface area contributed by atoms with Crippen molar-refractivity contribution in [3.05, 3.63) is 107 Å². The topological polar surface area (TPSA) is 49.9 Å². The van der Waals surface area contributed by atoms with Crippen molar-refractivity contribution >= 4 is 20.1 Å². The highest BCUT2D eigenvalue weighted by atomic mass is 28.4. The predicted molar refractivity (Wildman–Crippen MR) is 155 cm³/mol. The lowest BCUT2D eigenvalue weighted by Gasteiger charge is -2.38. The molecule has 1 aliphatic heterocycles. The maximum Gasteiger partial charge on any atom is 0.261 e. The highest BCUT2D eigenvalue weighted by molar-refractivity contribution is 6.74. The van der Waals surface area contributed by atoms with Gasteiger partial charge in [0.15, 0.2) is 8.32 Å². The first-order valence-electron chi connectivity index (χ1n) is 13.5. The lowest BCUT2D eigenvalue weighted by atomic mass is 10.1. The number of hydrogen-bond donors (Lipinski definition) is 0. The van der Waals surface area contributed by atoms with Crippen LogP contribution in [0.2, 0.25) is 18.1 Å². The van der Waals surface area contributed by atoms with Crippen LogP contribution in [0.3, 0.4) is 0 Å². The molecule has 38 heavy (non-hydrogen) atoms. The van der Waals surface area contributed by atoms with E-state index >= 15 is 0 Å². The van der Waals surface area contributed by atoms with Crippen LogP contribution in [-0.2, 0) is 17.5 Å². The van der Waals surface area contributed by atoms with Crippen LogP contribution in [-0.4, -0.2) is 49.1 Å². The molecular weight excluding hydrogens is 488 g/mol. The highest BCUT2D eigenvalue weighted by Crippen LogP contribution is 2.36. The number of fused-ring (bicyclic) bond motifs is 1. The van der Waals surface area contributed by atoms with Gasteiger partial charge in [0.2, 0.25) is 0 Å². The van der Waals surface area contributed by atoms with E-state index in [1.807, 2.05) is 24.3 Å².